The van der Waals surface area contributed by atoms with Crippen molar-refractivity contribution in [2.24, 2.45) is 5.41 Å². The van der Waals surface area contributed by atoms with Crippen LogP contribution < -0.4 is 10.4 Å². The van der Waals surface area contributed by atoms with E-state index in [1.165, 1.54) is 6.07 Å². The van der Waals surface area contributed by atoms with Crippen LogP contribution in [0.25, 0.3) is 11.0 Å². The number of benzene rings is 2. The molecule has 0 unspecified atom stereocenters. The van der Waals surface area contributed by atoms with Crippen molar-refractivity contribution < 1.29 is 13.9 Å². The summed E-state index contributed by atoms with van der Waals surface area (Å²) < 4.78 is 10.6. The van der Waals surface area contributed by atoms with Crippen LogP contribution in [0.4, 0.5) is 0 Å². The average Bonchev–Trinajstić information content (AvgIpc) is 2.55. The van der Waals surface area contributed by atoms with Gasteiger partial charge in [0.15, 0.2) is 0 Å². The van der Waals surface area contributed by atoms with E-state index in [0.717, 1.165) is 10.9 Å². The highest BCUT2D eigenvalue weighted by Gasteiger charge is 2.30. The van der Waals surface area contributed by atoms with Gasteiger partial charge in [0, 0.05) is 17.5 Å². The summed E-state index contributed by atoms with van der Waals surface area (Å²) in [5.41, 5.74) is 0.362. The van der Waals surface area contributed by atoms with Gasteiger partial charge in [-0.1, -0.05) is 30.3 Å². The molecule has 4 nitrogen and oxygen atoms in total. The monoisotopic (exact) mass is 322 g/mol. The average molecular weight is 322 g/mol. The van der Waals surface area contributed by atoms with Crippen molar-refractivity contribution >= 4 is 16.9 Å². The number of hydrogen-bond donors (Lipinski definition) is 0. The van der Waals surface area contributed by atoms with Gasteiger partial charge in [0.1, 0.15) is 11.3 Å². The molecule has 0 N–H and O–H groups in total. The molecule has 0 fully saturated rings. The summed E-state index contributed by atoms with van der Waals surface area (Å²) in [6.45, 7) is 3.70. The van der Waals surface area contributed by atoms with Gasteiger partial charge in [-0.25, -0.2) is 4.79 Å². The molecule has 0 saturated heterocycles. The largest absolute Gasteiger partial charge is 0.426 e. The minimum Gasteiger partial charge on any atom is -0.426 e. The molecule has 0 atom stereocenters. The van der Waals surface area contributed by atoms with Crippen molar-refractivity contribution in [2.75, 3.05) is 0 Å². The summed E-state index contributed by atoms with van der Waals surface area (Å²) in [6, 6.07) is 17.8. The van der Waals surface area contributed by atoms with Crippen molar-refractivity contribution in [3.63, 3.8) is 0 Å². The van der Waals surface area contributed by atoms with Gasteiger partial charge in [-0.15, -0.1) is 0 Å². The highest BCUT2D eigenvalue weighted by molar-refractivity contribution is 5.82. The molecule has 0 amide bonds. The van der Waals surface area contributed by atoms with Gasteiger partial charge >= 0.3 is 11.6 Å². The Morgan fingerprint density at radius 2 is 1.75 bits per heavy atom. The topological polar surface area (TPSA) is 56.5 Å². The first kappa shape index (κ1) is 16.0. The van der Waals surface area contributed by atoms with Crippen LogP contribution in [0.1, 0.15) is 19.4 Å². The lowest BCUT2D eigenvalue weighted by Gasteiger charge is -2.22. The summed E-state index contributed by atoms with van der Waals surface area (Å²) in [4.78, 5) is 23.8. The fourth-order valence-corrected chi connectivity index (χ4v) is 2.53. The fraction of sp³-hybridized carbons (Fsp3) is 0.200. The molecule has 0 aliphatic rings. The number of rotatable bonds is 4. The summed E-state index contributed by atoms with van der Waals surface area (Å²) in [5.74, 6) is 0.0342. The summed E-state index contributed by atoms with van der Waals surface area (Å²) >= 11 is 0. The van der Waals surface area contributed by atoms with E-state index in [2.05, 4.69) is 0 Å². The SMILES string of the molecule is CC(C)(Cc1ccccc1)C(=O)Oc1ccc2ccc(=O)oc2c1. The second-order valence-electron chi connectivity index (χ2n) is 6.39. The number of hydrogen-bond acceptors (Lipinski definition) is 4. The predicted octanol–water partition coefficient (Wildman–Crippen LogP) is 3.97. The lowest BCUT2D eigenvalue weighted by atomic mass is 9.86. The maximum atomic E-state index is 12.5. The Bertz CT molecular complexity index is 923. The molecule has 4 heteroatoms. The molecule has 0 radical (unpaired) electrons. The lowest BCUT2D eigenvalue weighted by Crippen LogP contribution is -2.31. The van der Waals surface area contributed by atoms with Crippen molar-refractivity contribution in [3.8, 4) is 5.75 Å². The van der Waals surface area contributed by atoms with Crippen LogP contribution >= 0.6 is 0 Å². The first-order valence-corrected chi connectivity index (χ1v) is 7.74. The Hall–Kier alpha value is -2.88. The second-order valence-corrected chi connectivity index (χ2v) is 6.39. The van der Waals surface area contributed by atoms with Crippen LogP contribution in [0.2, 0.25) is 0 Å². The molecule has 2 aromatic carbocycles. The first-order chi connectivity index (χ1) is 11.4. The molecule has 1 aromatic heterocycles. The van der Waals surface area contributed by atoms with Gasteiger partial charge in [-0.05, 0) is 44.0 Å². The normalized spacial score (nSPS) is 11.4. The third-order valence-electron chi connectivity index (χ3n) is 3.85. The van der Waals surface area contributed by atoms with Crippen molar-refractivity contribution in [3.05, 3.63) is 76.6 Å². The summed E-state index contributed by atoms with van der Waals surface area (Å²) in [6.07, 6.45) is 0.579. The molecule has 24 heavy (non-hydrogen) atoms. The molecular formula is C20H18O4. The van der Waals surface area contributed by atoms with E-state index >= 15 is 0 Å². The maximum absolute atomic E-state index is 12.5. The van der Waals surface area contributed by atoms with E-state index in [-0.39, 0.29) is 5.97 Å². The standard InChI is InChI=1S/C20H18O4/c1-20(2,13-14-6-4-3-5-7-14)19(22)23-16-10-8-15-9-11-18(21)24-17(15)12-16/h3-12H,13H2,1-2H3. The second kappa shape index (κ2) is 6.32. The zero-order valence-corrected chi connectivity index (χ0v) is 13.6. The van der Waals surface area contributed by atoms with E-state index in [1.54, 1.807) is 24.3 Å². The third-order valence-corrected chi connectivity index (χ3v) is 3.85. The van der Waals surface area contributed by atoms with Gasteiger partial charge < -0.3 is 9.15 Å². The zero-order valence-electron chi connectivity index (χ0n) is 13.6. The van der Waals surface area contributed by atoms with E-state index in [1.807, 2.05) is 44.2 Å². The van der Waals surface area contributed by atoms with Gasteiger partial charge in [-0.2, -0.15) is 0 Å². The maximum Gasteiger partial charge on any atom is 0.336 e. The highest BCUT2D eigenvalue weighted by atomic mass is 16.5. The van der Waals surface area contributed by atoms with Gasteiger partial charge in [0.05, 0.1) is 5.41 Å². The molecule has 0 spiro atoms. The van der Waals surface area contributed by atoms with Gasteiger partial charge in [-0.3, -0.25) is 4.79 Å². The number of esters is 1. The van der Waals surface area contributed by atoms with Gasteiger partial charge in [0.2, 0.25) is 0 Å². The minimum absolute atomic E-state index is 0.330. The summed E-state index contributed by atoms with van der Waals surface area (Å²) in [5, 5.41) is 0.776. The minimum atomic E-state index is -0.673. The Labute approximate surface area is 139 Å². The highest BCUT2D eigenvalue weighted by Crippen LogP contribution is 2.26. The van der Waals surface area contributed by atoms with Crippen LogP contribution in [0.5, 0.6) is 5.75 Å². The lowest BCUT2D eigenvalue weighted by molar-refractivity contribution is -0.143. The fourth-order valence-electron chi connectivity index (χ4n) is 2.53. The zero-order chi connectivity index (χ0) is 17.2. The molecule has 0 aliphatic heterocycles. The quantitative estimate of drug-likeness (QED) is 0.414. The first-order valence-electron chi connectivity index (χ1n) is 7.74. The van der Waals surface area contributed by atoms with Crippen molar-refractivity contribution in [1.82, 2.24) is 0 Å². The Balaban J connectivity index is 1.79. The molecule has 1 heterocycles. The molecular weight excluding hydrogens is 304 g/mol. The number of ether oxygens (including phenoxy) is 1. The smallest absolute Gasteiger partial charge is 0.336 e. The molecule has 3 aromatic rings. The summed E-state index contributed by atoms with van der Waals surface area (Å²) in [7, 11) is 0. The van der Waals surface area contributed by atoms with Crippen LogP contribution in [0.15, 0.2) is 69.9 Å². The van der Waals surface area contributed by atoms with E-state index in [9.17, 15) is 9.59 Å². The Morgan fingerprint density at radius 1 is 1.04 bits per heavy atom. The molecule has 122 valence electrons. The number of carbonyl (C=O) groups excluding carboxylic acids is 1. The molecule has 0 bridgehead atoms. The third kappa shape index (κ3) is 3.54. The molecule has 0 saturated carbocycles. The van der Waals surface area contributed by atoms with Crippen LogP contribution in [0.3, 0.4) is 0 Å². The Morgan fingerprint density at radius 3 is 2.50 bits per heavy atom. The van der Waals surface area contributed by atoms with E-state index < -0.39 is 11.0 Å². The van der Waals surface area contributed by atoms with Crippen molar-refractivity contribution in [1.29, 1.82) is 0 Å². The van der Waals surface area contributed by atoms with E-state index in [0.29, 0.717) is 17.8 Å². The Kier molecular flexibility index (Phi) is 4.21. The van der Waals surface area contributed by atoms with Crippen molar-refractivity contribution in [2.45, 2.75) is 20.3 Å². The van der Waals surface area contributed by atoms with Gasteiger partial charge in [0.25, 0.3) is 0 Å². The van der Waals surface area contributed by atoms with Crippen LogP contribution in [0, 0.1) is 5.41 Å². The molecule has 3 rings (SSSR count). The van der Waals surface area contributed by atoms with E-state index in [4.69, 9.17) is 9.15 Å². The van der Waals surface area contributed by atoms with Crippen LogP contribution in [-0.2, 0) is 11.2 Å². The predicted molar refractivity (Wildman–Crippen MR) is 92.0 cm³/mol. The number of fused-ring (bicyclic) bond motifs is 1. The molecule has 0 aliphatic carbocycles. The number of carbonyl (C=O) groups is 1. The van der Waals surface area contributed by atoms with Crippen LogP contribution in [-0.4, -0.2) is 5.97 Å².